The fourth-order valence-corrected chi connectivity index (χ4v) is 3.36. The number of rotatable bonds is 2. The van der Waals surface area contributed by atoms with Crippen LogP contribution in [0.1, 0.15) is 24.8 Å². The van der Waals surface area contributed by atoms with Gasteiger partial charge >= 0.3 is 5.97 Å². The molecule has 3 nitrogen and oxygen atoms in total. The highest BCUT2D eigenvalue weighted by Gasteiger charge is 2.45. The third-order valence-corrected chi connectivity index (χ3v) is 4.32. The van der Waals surface area contributed by atoms with Crippen LogP contribution >= 0.6 is 11.8 Å². The lowest BCUT2D eigenvalue weighted by atomic mass is 10.0. The molecule has 17 heavy (non-hydrogen) atoms. The summed E-state index contributed by atoms with van der Waals surface area (Å²) < 4.78 is 12.7. The Bertz CT molecular complexity index is 450. The van der Waals surface area contributed by atoms with Crippen molar-refractivity contribution in [2.75, 3.05) is 0 Å². The minimum atomic E-state index is -0.874. The standard InChI is InChI=1S/C12H14FNO2S/c1-12(2)9(11(15)16)14-10(17-12)7-4-3-5-8(13)6-7/h3-6,9-10,14H,1-2H3,(H,15,16)/t9-,10?/m0/s1. The maximum Gasteiger partial charge on any atom is 0.322 e. The fourth-order valence-electron chi connectivity index (χ4n) is 1.96. The molecule has 2 rings (SSSR count). The molecule has 0 amide bonds. The number of hydrogen-bond donors (Lipinski definition) is 2. The van der Waals surface area contributed by atoms with Gasteiger partial charge in [-0.2, -0.15) is 0 Å². The lowest BCUT2D eigenvalue weighted by Gasteiger charge is -2.20. The number of halogens is 1. The van der Waals surface area contributed by atoms with E-state index < -0.39 is 16.8 Å². The van der Waals surface area contributed by atoms with Crippen LogP contribution in [0.25, 0.3) is 0 Å². The number of hydrogen-bond acceptors (Lipinski definition) is 3. The quantitative estimate of drug-likeness (QED) is 0.852. The highest BCUT2D eigenvalue weighted by Crippen LogP contribution is 2.45. The van der Waals surface area contributed by atoms with Gasteiger partial charge in [0.05, 0.1) is 5.37 Å². The van der Waals surface area contributed by atoms with E-state index in [0.29, 0.717) is 0 Å². The van der Waals surface area contributed by atoms with Crippen molar-refractivity contribution in [1.82, 2.24) is 5.32 Å². The van der Waals surface area contributed by atoms with E-state index in [2.05, 4.69) is 5.32 Å². The molecule has 0 aromatic heterocycles. The van der Waals surface area contributed by atoms with Crippen LogP contribution < -0.4 is 5.32 Å². The molecule has 5 heteroatoms. The van der Waals surface area contributed by atoms with Gasteiger partial charge in [0.15, 0.2) is 0 Å². The number of nitrogens with one attached hydrogen (secondary N) is 1. The Morgan fingerprint density at radius 1 is 1.53 bits per heavy atom. The van der Waals surface area contributed by atoms with Gasteiger partial charge in [0.25, 0.3) is 0 Å². The van der Waals surface area contributed by atoms with E-state index in [9.17, 15) is 9.18 Å². The Morgan fingerprint density at radius 2 is 2.24 bits per heavy atom. The van der Waals surface area contributed by atoms with Crippen molar-refractivity contribution in [1.29, 1.82) is 0 Å². The Kier molecular flexibility index (Phi) is 3.14. The molecule has 1 heterocycles. The van der Waals surface area contributed by atoms with Crippen LogP contribution in [0.3, 0.4) is 0 Å². The molecule has 1 aromatic carbocycles. The second-order valence-electron chi connectivity index (χ2n) is 4.59. The minimum absolute atomic E-state index is 0.179. The van der Waals surface area contributed by atoms with Crippen LogP contribution in [0.5, 0.6) is 0 Å². The van der Waals surface area contributed by atoms with Crippen molar-refractivity contribution in [2.24, 2.45) is 0 Å². The van der Waals surface area contributed by atoms with E-state index >= 15 is 0 Å². The monoisotopic (exact) mass is 255 g/mol. The van der Waals surface area contributed by atoms with Gasteiger partial charge in [0.1, 0.15) is 11.9 Å². The Balaban J connectivity index is 2.24. The van der Waals surface area contributed by atoms with E-state index in [1.807, 2.05) is 13.8 Å². The number of carboxylic acids is 1. The van der Waals surface area contributed by atoms with Crippen molar-refractivity contribution < 1.29 is 14.3 Å². The van der Waals surface area contributed by atoms with Crippen molar-refractivity contribution >= 4 is 17.7 Å². The molecule has 92 valence electrons. The molecule has 1 unspecified atom stereocenters. The summed E-state index contributed by atoms with van der Waals surface area (Å²) in [6.07, 6.45) is 0. The third kappa shape index (κ3) is 2.45. The maximum absolute atomic E-state index is 13.1. The number of thioether (sulfide) groups is 1. The van der Waals surface area contributed by atoms with Crippen molar-refractivity contribution in [2.45, 2.75) is 30.0 Å². The smallest absolute Gasteiger partial charge is 0.322 e. The average Bonchev–Trinajstić information content (AvgIpc) is 2.54. The van der Waals surface area contributed by atoms with E-state index in [-0.39, 0.29) is 11.2 Å². The third-order valence-electron chi connectivity index (χ3n) is 2.83. The van der Waals surface area contributed by atoms with Crippen LogP contribution in [0.2, 0.25) is 0 Å². The zero-order valence-corrected chi connectivity index (χ0v) is 10.4. The van der Waals surface area contributed by atoms with Crippen LogP contribution in [-0.2, 0) is 4.79 Å². The predicted molar refractivity (Wildman–Crippen MR) is 65.4 cm³/mol. The molecule has 1 aliphatic heterocycles. The van der Waals surface area contributed by atoms with Crippen LogP contribution in [-0.4, -0.2) is 21.9 Å². The summed E-state index contributed by atoms with van der Waals surface area (Å²) in [7, 11) is 0. The number of aliphatic carboxylic acids is 1. The minimum Gasteiger partial charge on any atom is -0.480 e. The molecule has 1 saturated heterocycles. The van der Waals surface area contributed by atoms with Crippen LogP contribution in [0.15, 0.2) is 24.3 Å². The molecular weight excluding hydrogens is 241 g/mol. The summed E-state index contributed by atoms with van der Waals surface area (Å²) in [5.74, 6) is -1.18. The van der Waals surface area contributed by atoms with Crippen LogP contribution in [0, 0.1) is 5.82 Å². The first-order chi connectivity index (χ1) is 7.90. The topological polar surface area (TPSA) is 49.3 Å². The van der Waals surface area contributed by atoms with Crippen molar-refractivity contribution in [3.05, 3.63) is 35.6 Å². The van der Waals surface area contributed by atoms with E-state index in [1.165, 1.54) is 23.9 Å². The summed E-state index contributed by atoms with van der Waals surface area (Å²) in [5, 5.41) is 12.0. The average molecular weight is 255 g/mol. The molecule has 2 N–H and O–H groups in total. The fraction of sp³-hybridized carbons (Fsp3) is 0.417. The highest BCUT2D eigenvalue weighted by atomic mass is 32.2. The van der Waals surface area contributed by atoms with Gasteiger partial charge < -0.3 is 5.11 Å². The lowest BCUT2D eigenvalue weighted by Crippen LogP contribution is -2.43. The molecule has 0 spiro atoms. The van der Waals surface area contributed by atoms with Gasteiger partial charge in [0.2, 0.25) is 0 Å². The van der Waals surface area contributed by atoms with Crippen molar-refractivity contribution in [3.8, 4) is 0 Å². The van der Waals surface area contributed by atoms with Gasteiger partial charge in [-0.05, 0) is 31.5 Å². The summed E-state index contributed by atoms with van der Waals surface area (Å²) in [4.78, 5) is 11.1. The summed E-state index contributed by atoms with van der Waals surface area (Å²) >= 11 is 1.51. The van der Waals surface area contributed by atoms with Gasteiger partial charge in [-0.3, -0.25) is 10.1 Å². The Hall–Kier alpha value is -1.07. The molecule has 1 aliphatic rings. The zero-order chi connectivity index (χ0) is 12.6. The molecule has 0 saturated carbocycles. The lowest BCUT2D eigenvalue weighted by molar-refractivity contribution is -0.139. The van der Waals surface area contributed by atoms with Gasteiger partial charge in [-0.1, -0.05) is 12.1 Å². The Morgan fingerprint density at radius 3 is 2.76 bits per heavy atom. The number of carboxylic acid groups (broad SMARTS) is 1. The largest absolute Gasteiger partial charge is 0.480 e. The van der Waals surface area contributed by atoms with E-state index in [1.54, 1.807) is 12.1 Å². The highest BCUT2D eigenvalue weighted by molar-refractivity contribution is 8.01. The first kappa shape index (κ1) is 12.4. The molecule has 1 aromatic rings. The maximum atomic E-state index is 13.1. The van der Waals surface area contributed by atoms with Gasteiger partial charge in [-0.25, -0.2) is 4.39 Å². The predicted octanol–water partition coefficient (Wildman–Crippen LogP) is 2.39. The van der Waals surface area contributed by atoms with Gasteiger partial charge in [-0.15, -0.1) is 11.8 Å². The molecule has 0 bridgehead atoms. The molecule has 1 fully saturated rings. The SMILES string of the molecule is CC1(C)SC(c2cccc(F)c2)N[C@H]1C(=O)O. The summed E-state index contributed by atoms with van der Waals surface area (Å²) in [6.45, 7) is 3.76. The number of carbonyl (C=O) groups is 1. The molecule has 0 radical (unpaired) electrons. The Labute approximate surface area is 103 Å². The normalized spacial score (nSPS) is 27.0. The van der Waals surface area contributed by atoms with E-state index in [4.69, 9.17) is 5.11 Å². The molecule has 0 aliphatic carbocycles. The summed E-state index contributed by atoms with van der Waals surface area (Å²) in [5.41, 5.74) is 0.770. The zero-order valence-electron chi connectivity index (χ0n) is 9.61. The van der Waals surface area contributed by atoms with Crippen LogP contribution in [0.4, 0.5) is 4.39 Å². The first-order valence-corrected chi connectivity index (χ1v) is 6.20. The number of benzene rings is 1. The molecular formula is C12H14FNO2S. The van der Waals surface area contributed by atoms with Gasteiger partial charge in [0, 0.05) is 4.75 Å². The summed E-state index contributed by atoms with van der Waals surface area (Å²) in [6, 6.07) is 5.62. The van der Waals surface area contributed by atoms with Crippen molar-refractivity contribution in [3.63, 3.8) is 0 Å². The second-order valence-corrected chi connectivity index (χ2v) is 6.35. The van der Waals surface area contributed by atoms with E-state index in [0.717, 1.165) is 5.56 Å². The molecule has 2 atom stereocenters. The first-order valence-electron chi connectivity index (χ1n) is 5.32. The second kappa shape index (κ2) is 4.31.